The van der Waals surface area contributed by atoms with Crippen molar-refractivity contribution >= 4 is 21.8 Å². The Morgan fingerprint density at radius 2 is 0.860 bits per heavy atom. The van der Waals surface area contributed by atoms with Crippen molar-refractivity contribution in [2.24, 2.45) is 0 Å². The first-order valence-corrected chi connectivity index (χ1v) is 17.4. The summed E-state index contributed by atoms with van der Waals surface area (Å²) >= 11 is 0. The van der Waals surface area contributed by atoms with E-state index in [-0.39, 0.29) is 5.41 Å². The molecule has 0 aliphatic heterocycles. The van der Waals surface area contributed by atoms with Crippen molar-refractivity contribution in [1.29, 1.82) is 0 Å². The van der Waals surface area contributed by atoms with Crippen molar-refractivity contribution in [1.82, 2.24) is 4.57 Å². The van der Waals surface area contributed by atoms with Crippen LogP contribution < -0.4 is 0 Å². The van der Waals surface area contributed by atoms with E-state index in [1.807, 2.05) is 0 Å². The first-order valence-electron chi connectivity index (χ1n) is 17.4. The summed E-state index contributed by atoms with van der Waals surface area (Å²) in [4.78, 5) is 0. The maximum atomic E-state index is 2.41. The smallest absolute Gasteiger partial charge is 0.0725 e. The molecule has 0 atom stereocenters. The van der Waals surface area contributed by atoms with Gasteiger partial charge in [-0.25, -0.2) is 0 Å². The fourth-order valence-electron chi connectivity index (χ4n) is 9.24. The second kappa shape index (κ2) is 10.3. The predicted octanol–water partition coefficient (Wildman–Crippen LogP) is 12.5. The molecule has 1 spiro atoms. The van der Waals surface area contributed by atoms with Gasteiger partial charge in [-0.15, -0.1) is 0 Å². The van der Waals surface area contributed by atoms with Gasteiger partial charge in [-0.2, -0.15) is 0 Å². The Labute approximate surface area is 291 Å². The van der Waals surface area contributed by atoms with Crippen molar-refractivity contribution < 1.29 is 0 Å². The maximum absolute atomic E-state index is 2.41. The fraction of sp³-hybridized carbons (Fsp3) is 0.0204. The number of aromatic nitrogens is 1. The highest BCUT2D eigenvalue weighted by molar-refractivity contribution is 6.10. The third kappa shape index (κ3) is 3.56. The second-order valence-electron chi connectivity index (χ2n) is 13.6. The molecule has 0 unspecified atom stereocenters. The van der Waals surface area contributed by atoms with Gasteiger partial charge in [0.1, 0.15) is 0 Å². The van der Waals surface area contributed by atoms with E-state index in [1.165, 1.54) is 88.6 Å². The first kappa shape index (κ1) is 27.5. The Morgan fingerprint density at radius 3 is 1.60 bits per heavy atom. The molecule has 1 heteroatoms. The van der Waals surface area contributed by atoms with Crippen LogP contribution in [0.2, 0.25) is 0 Å². The molecule has 1 aromatic heterocycles. The number of nitrogens with zero attached hydrogens (tertiary/aromatic N) is 1. The van der Waals surface area contributed by atoms with Crippen molar-refractivity contribution in [3.8, 4) is 50.2 Å². The third-order valence-corrected chi connectivity index (χ3v) is 11.2. The van der Waals surface area contributed by atoms with Gasteiger partial charge in [0.25, 0.3) is 0 Å². The molecule has 0 fully saturated rings. The summed E-state index contributed by atoms with van der Waals surface area (Å²) in [6.45, 7) is 0. The van der Waals surface area contributed by atoms with Gasteiger partial charge in [-0.05, 0) is 97.1 Å². The molecular formula is C49H31N. The molecule has 9 aromatic rings. The van der Waals surface area contributed by atoms with Crippen LogP contribution >= 0.6 is 0 Å². The van der Waals surface area contributed by atoms with E-state index < -0.39 is 0 Å². The van der Waals surface area contributed by atoms with Gasteiger partial charge in [-0.3, -0.25) is 0 Å². The van der Waals surface area contributed by atoms with E-state index in [1.54, 1.807) is 0 Å². The summed E-state index contributed by atoms with van der Waals surface area (Å²) in [6.07, 6.45) is 0. The molecule has 8 aromatic carbocycles. The van der Waals surface area contributed by atoms with Crippen molar-refractivity contribution in [2.45, 2.75) is 5.41 Å². The van der Waals surface area contributed by atoms with E-state index in [0.717, 1.165) is 5.69 Å². The normalized spacial score (nSPS) is 13.4. The van der Waals surface area contributed by atoms with Crippen molar-refractivity contribution in [3.63, 3.8) is 0 Å². The summed E-state index contributed by atoms with van der Waals surface area (Å²) in [5.41, 5.74) is 19.1. The Balaban J connectivity index is 1.09. The van der Waals surface area contributed by atoms with E-state index in [4.69, 9.17) is 0 Å². The zero-order valence-electron chi connectivity index (χ0n) is 27.3. The minimum Gasteiger partial charge on any atom is -0.309 e. The van der Waals surface area contributed by atoms with E-state index in [0.29, 0.717) is 0 Å². The third-order valence-electron chi connectivity index (χ3n) is 11.2. The van der Waals surface area contributed by atoms with E-state index in [2.05, 4.69) is 193 Å². The Bertz CT molecular complexity index is 2750. The lowest BCUT2D eigenvalue weighted by atomic mass is 9.70. The highest BCUT2D eigenvalue weighted by Gasteiger charge is 2.51. The number of rotatable bonds is 3. The molecule has 2 aliphatic rings. The lowest BCUT2D eigenvalue weighted by molar-refractivity contribution is 0.794. The van der Waals surface area contributed by atoms with E-state index in [9.17, 15) is 0 Å². The molecular weight excluding hydrogens is 603 g/mol. The molecule has 1 nitrogen and oxygen atoms in total. The summed E-state index contributed by atoms with van der Waals surface area (Å²) < 4.78 is 2.41. The lowest BCUT2D eigenvalue weighted by Gasteiger charge is -2.30. The maximum Gasteiger partial charge on any atom is 0.0725 e. The van der Waals surface area contributed by atoms with Crippen LogP contribution in [0.25, 0.3) is 72.0 Å². The van der Waals surface area contributed by atoms with Gasteiger partial charge in [0, 0.05) is 16.5 Å². The number of para-hydroxylation sites is 1. The molecule has 0 amide bonds. The molecule has 0 saturated carbocycles. The topological polar surface area (TPSA) is 4.93 Å². The van der Waals surface area contributed by atoms with Gasteiger partial charge in [-0.1, -0.05) is 158 Å². The zero-order chi connectivity index (χ0) is 32.8. The number of fused-ring (bicyclic) bond motifs is 13. The molecule has 0 radical (unpaired) electrons. The van der Waals surface area contributed by atoms with Crippen LogP contribution in [0.1, 0.15) is 22.3 Å². The quantitative estimate of drug-likeness (QED) is 0.182. The second-order valence-corrected chi connectivity index (χ2v) is 13.6. The van der Waals surface area contributed by atoms with Gasteiger partial charge in [0.2, 0.25) is 0 Å². The average molecular weight is 634 g/mol. The van der Waals surface area contributed by atoms with Gasteiger partial charge in [0.15, 0.2) is 0 Å². The summed E-state index contributed by atoms with van der Waals surface area (Å²) in [6, 6.07) is 69.6. The Morgan fingerprint density at radius 1 is 0.320 bits per heavy atom. The summed E-state index contributed by atoms with van der Waals surface area (Å²) in [5.74, 6) is 0. The molecule has 11 rings (SSSR count). The lowest BCUT2D eigenvalue weighted by Crippen LogP contribution is -2.25. The first-order chi connectivity index (χ1) is 24.8. The van der Waals surface area contributed by atoms with Crippen LogP contribution in [-0.4, -0.2) is 4.57 Å². The Kier molecular flexibility index (Phi) is 5.66. The minimum atomic E-state index is -0.337. The molecule has 2 aliphatic carbocycles. The number of hydrogen-bond acceptors (Lipinski definition) is 0. The van der Waals surface area contributed by atoms with Gasteiger partial charge in [0.05, 0.1) is 16.4 Å². The summed E-state index contributed by atoms with van der Waals surface area (Å²) in [7, 11) is 0. The van der Waals surface area contributed by atoms with Crippen molar-refractivity contribution in [3.05, 3.63) is 210 Å². The molecule has 50 heavy (non-hydrogen) atoms. The molecule has 0 bridgehead atoms. The largest absolute Gasteiger partial charge is 0.309 e. The van der Waals surface area contributed by atoms with E-state index >= 15 is 0 Å². The highest BCUT2D eigenvalue weighted by Crippen LogP contribution is 2.63. The van der Waals surface area contributed by atoms with Crippen LogP contribution in [0, 0.1) is 0 Å². The fourth-order valence-corrected chi connectivity index (χ4v) is 9.24. The SMILES string of the molecule is c1ccc(-c2ccc3c(c2)c2ccccc2n3-c2ccc(-c3cccc4c3-c3ccccc3C43c4ccccc4-c4ccccc43)cc2)cc1. The standard InChI is InChI=1S/C49H31N/c1-2-13-32(14-3-1)34-27-30-47-41(31-34)39-17-7-11-24-46(39)50(47)35-28-25-33(26-29-35)36-19-12-23-45-48(36)40-18-6-10-22-44(40)49(45)42-20-8-4-15-37(42)38-16-5-9-21-43(38)49/h1-31H. The van der Waals surface area contributed by atoms with Gasteiger partial charge < -0.3 is 4.57 Å². The van der Waals surface area contributed by atoms with Crippen LogP contribution in [0.5, 0.6) is 0 Å². The van der Waals surface area contributed by atoms with Crippen LogP contribution in [0.15, 0.2) is 188 Å². The molecule has 232 valence electrons. The highest BCUT2D eigenvalue weighted by atomic mass is 15.0. The molecule has 0 N–H and O–H groups in total. The summed E-state index contributed by atoms with van der Waals surface area (Å²) in [5, 5.41) is 2.54. The minimum absolute atomic E-state index is 0.337. The molecule has 1 heterocycles. The average Bonchev–Trinajstić information content (AvgIpc) is 3.80. The Hall–Kier alpha value is -6.44. The van der Waals surface area contributed by atoms with Crippen LogP contribution in [0.4, 0.5) is 0 Å². The molecule has 0 saturated heterocycles. The number of hydrogen-bond donors (Lipinski definition) is 0. The van der Waals surface area contributed by atoms with Crippen LogP contribution in [0.3, 0.4) is 0 Å². The van der Waals surface area contributed by atoms with Crippen LogP contribution in [-0.2, 0) is 5.41 Å². The monoisotopic (exact) mass is 633 g/mol. The number of benzene rings is 8. The predicted molar refractivity (Wildman–Crippen MR) is 208 cm³/mol. The van der Waals surface area contributed by atoms with Gasteiger partial charge >= 0.3 is 0 Å². The van der Waals surface area contributed by atoms with Crippen molar-refractivity contribution in [2.75, 3.05) is 0 Å². The zero-order valence-corrected chi connectivity index (χ0v) is 27.3.